The summed E-state index contributed by atoms with van der Waals surface area (Å²) in [7, 11) is 0. The van der Waals surface area contributed by atoms with E-state index in [1.54, 1.807) is 25.7 Å². The third-order valence-corrected chi connectivity index (χ3v) is 7.09. The minimum absolute atomic E-state index is 0.00388. The Kier molecular flexibility index (Phi) is 8.59. The highest BCUT2D eigenvalue weighted by Crippen LogP contribution is 2.41. The molecular weight excluding hydrogens is 484 g/mol. The number of likely N-dealkylation sites (tertiary alicyclic amines) is 2. The van der Waals surface area contributed by atoms with Crippen molar-refractivity contribution >= 4 is 23.7 Å². The van der Waals surface area contributed by atoms with E-state index in [9.17, 15) is 28.0 Å². The zero-order valence-corrected chi connectivity index (χ0v) is 22.3. The van der Waals surface area contributed by atoms with E-state index < -0.39 is 40.7 Å². The number of piperidine rings is 1. The third kappa shape index (κ3) is 7.05. The highest BCUT2D eigenvalue weighted by molar-refractivity contribution is 5.95. The molecule has 37 heavy (non-hydrogen) atoms. The minimum atomic E-state index is -0.874. The molecule has 0 bridgehead atoms. The smallest absolute Gasteiger partial charge is 0.306 e. The van der Waals surface area contributed by atoms with E-state index in [-0.39, 0.29) is 35.6 Å². The minimum Gasteiger partial charge on any atom is -0.460 e. The molecule has 1 atom stereocenters. The van der Waals surface area contributed by atoms with E-state index in [1.807, 2.05) is 0 Å². The van der Waals surface area contributed by atoms with Gasteiger partial charge in [0.05, 0.1) is 0 Å². The Labute approximate surface area is 216 Å². The monoisotopic (exact) mass is 521 g/mol. The van der Waals surface area contributed by atoms with Gasteiger partial charge in [0.25, 0.3) is 5.91 Å². The third-order valence-electron chi connectivity index (χ3n) is 7.09. The Balaban J connectivity index is 1.60. The second kappa shape index (κ2) is 11.1. The lowest BCUT2D eigenvalue weighted by molar-refractivity contribution is -0.155. The van der Waals surface area contributed by atoms with Gasteiger partial charge < -0.3 is 19.9 Å². The second-order valence-corrected chi connectivity index (χ2v) is 11.2. The van der Waals surface area contributed by atoms with E-state index >= 15 is 0 Å². The van der Waals surface area contributed by atoms with Crippen LogP contribution < -0.4 is 5.32 Å². The lowest BCUT2D eigenvalue weighted by Crippen LogP contribution is -2.49. The summed E-state index contributed by atoms with van der Waals surface area (Å²) in [4.78, 5) is 53.2. The molecule has 2 aliphatic heterocycles. The molecule has 3 rings (SSSR count). The predicted octanol–water partition coefficient (Wildman–Crippen LogP) is 3.35. The van der Waals surface area contributed by atoms with Gasteiger partial charge in [-0.15, -0.1) is 0 Å². The first-order chi connectivity index (χ1) is 17.2. The van der Waals surface area contributed by atoms with Crippen LogP contribution in [0.15, 0.2) is 12.1 Å². The van der Waals surface area contributed by atoms with Crippen molar-refractivity contribution in [3.63, 3.8) is 0 Å². The van der Waals surface area contributed by atoms with Crippen LogP contribution in [0.3, 0.4) is 0 Å². The standard InChI is InChI=1S/C27H37F2N3O5/c1-17-6-7-19(28)22(23(17)29)25(36)31-13-10-27(11-14-31)12-15-32(16-27)24(35)20(30-18(2)33)8-9-21(34)37-26(3,4)5/h6-7,20H,8-16H2,1-5H3,(H,30,33). The van der Waals surface area contributed by atoms with Crippen LogP contribution in [-0.2, 0) is 19.1 Å². The highest BCUT2D eigenvalue weighted by Gasteiger charge is 2.44. The number of carbonyl (C=O) groups is 4. The Morgan fingerprint density at radius 2 is 1.65 bits per heavy atom. The zero-order valence-electron chi connectivity index (χ0n) is 22.3. The zero-order chi connectivity index (χ0) is 27.5. The average Bonchev–Trinajstić information content (AvgIpc) is 3.21. The number of halogens is 2. The SMILES string of the molecule is CC(=O)NC(CCC(=O)OC(C)(C)C)C(=O)N1CCC2(CCN(C(=O)c3c(F)ccc(C)c3F)CC2)C1. The molecule has 0 saturated carbocycles. The number of hydrogen-bond donors (Lipinski definition) is 1. The number of esters is 1. The molecule has 2 heterocycles. The van der Waals surface area contributed by atoms with Crippen LogP contribution in [0, 0.1) is 24.0 Å². The summed E-state index contributed by atoms with van der Waals surface area (Å²) in [6.45, 7) is 9.73. The van der Waals surface area contributed by atoms with Crippen LogP contribution >= 0.6 is 0 Å². The summed E-state index contributed by atoms with van der Waals surface area (Å²) >= 11 is 0. The number of benzene rings is 1. The summed E-state index contributed by atoms with van der Waals surface area (Å²) in [5, 5.41) is 2.66. The van der Waals surface area contributed by atoms with E-state index in [0.29, 0.717) is 39.0 Å². The van der Waals surface area contributed by atoms with Gasteiger partial charge in [-0.3, -0.25) is 19.2 Å². The van der Waals surface area contributed by atoms with E-state index in [4.69, 9.17) is 4.74 Å². The fraction of sp³-hybridized carbons (Fsp3) is 0.630. The van der Waals surface area contributed by atoms with Gasteiger partial charge in [-0.2, -0.15) is 0 Å². The summed E-state index contributed by atoms with van der Waals surface area (Å²) in [6, 6.07) is 1.57. The van der Waals surface area contributed by atoms with E-state index in [2.05, 4.69) is 5.32 Å². The van der Waals surface area contributed by atoms with Gasteiger partial charge >= 0.3 is 5.97 Å². The quantitative estimate of drug-likeness (QED) is 0.580. The van der Waals surface area contributed by atoms with Crippen molar-refractivity contribution in [3.8, 4) is 0 Å². The first kappa shape index (κ1) is 28.5. The molecule has 2 saturated heterocycles. The van der Waals surface area contributed by atoms with Crippen LogP contribution in [0.25, 0.3) is 0 Å². The van der Waals surface area contributed by atoms with Crippen molar-refractivity contribution in [3.05, 3.63) is 34.9 Å². The van der Waals surface area contributed by atoms with Crippen molar-refractivity contribution in [2.45, 2.75) is 78.4 Å². The Morgan fingerprint density at radius 1 is 1.05 bits per heavy atom. The van der Waals surface area contributed by atoms with Crippen LogP contribution in [0.4, 0.5) is 8.78 Å². The highest BCUT2D eigenvalue weighted by atomic mass is 19.1. The van der Waals surface area contributed by atoms with Crippen LogP contribution in [-0.4, -0.2) is 71.3 Å². The number of aryl methyl sites for hydroxylation is 1. The maximum atomic E-state index is 14.5. The largest absolute Gasteiger partial charge is 0.460 e. The molecule has 204 valence electrons. The Bertz CT molecular complexity index is 1060. The molecule has 1 aromatic carbocycles. The summed E-state index contributed by atoms with van der Waals surface area (Å²) in [6.07, 6.45) is 2.05. The number of nitrogens with zero attached hydrogens (tertiary/aromatic N) is 2. The summed E-state index contributed by atoms with van der Waals surface area (Å²) in [5.41, 5.74) is -1.16. The van der Waals surface area contributed by atoms with Gasteiger partial charge in [0, 0.05) is 39.5 Å². The Morgan fingerprint density at radius 3 is 2.22 bits per heavy atom. The second-order valence-electron chi connectivity index (χ2n) is 11.2. The predicted molar refractivity (Wildman–Crippen MR) is 133 cm³/mol. The molecular formula is C27H37F2N3O5. The van der Waals surface area contributed by atoms with Crippen molar-refractivity contribution in [1.29, 1.82) is 0 Å². The van der Waals surface area contributed by atoms with Gasteiger partial charge in [-0.05, 0) is 70.4 Å². The van der Waals surface area contributed by atoms with Crippen molar-refractivity contribution in [2.75, 3.05) is 26.2 Å². The lowest BCUT2D eigenvalue weighted by Gasteiger charge is -2.39. The molecule has 0 aliphatic carbocycles. The normalized spacial score (nSPS) is 18.0. The fourth-order valence-corrected chi connectivity index (χ4v) is 5.10. The number of nitrogens with one attached hydrogen (secondary N) is 1. The average molecular weight is 522 g/mol. The Hall–Kier alpha value is -3.04. The number of rotatable bonds is 6. The number of amides is 3. The molecule has 10 heteroatoms. The topological polar surface area (TPSA) is 96.0 Å². The van der Waals surface area contributed by atoms with E-state index in [0.717, 1.165) is 12.5 Å². The summed E-state index contributed by atoms with van der Waals surface area (Å²) < 4.78 is 34.0. The lowest BCUT2D eigenvalue weighted by atomic mass is 9.77. The number of ether oxygens (including phenoxy) is 1. The first-order valence-electron chi connectivity index (χ1n) is 12.7. The van der Waals surface area contributed by atoms with Gasteiger partial charge in [-0.1, -0.05) is 6.07 Å². The molecule has 1 spiro atoms. The molecule has 0 radical (unpaired) electrons. The van der Waals surface area contributed by atoms with Gasteiger partial charge in [0.2, 0.25) is 11.8 Å². The molecule has 8 nitrogen and oxygen atoms in total. The van der Waals surface area contributed by atoms with Gasteiger partial charge in [-0.25, -0.2) is 8.78 Å². The van der Waals surface area contributed by atoms with Crippen molar-refractivity contribution in [2.24, 2.45) is 5.41 Å². The fourth-order valence-electron chi connectivity index (χ4n) is 5.10. The van der Waals surface area contributed by atoms with Gasteiger partial charge in [0.1, 0.15) is 28.8 Å². The maximum absolute atomic E-state index is 14.5. The molecule has 2 aliphatic rings. The van der Waals surface area contributed by atoms with E-state index in [1.165, 1.54) is 24.8 Å². The molecule has 1 aromatic rings. The van der Waals surface area contributed by atoms with Crippen LogP contribution in [0.2, 0.25) is 0 Å². The number of hydrogen-bond acceptors (Lipinski definition) is 5. The molecule has 0 aromatic heterocycles. The first-order valence-corrected chi connectivity index (χ1v) is 12.7. The maximum Gasteiger partial charge on any atom is 0.306 e. The summed E-state index contributed by atoms with van der Waals surface area (Å²) in [5.74, 6) is -3.42. The molecule has 3 amide bonds. The van der Waals surface area contributed by atoms with Gasteiger partial charge in [0.15, 0.2) is 0 Å². The van der Waals surface area contributed by atoms with Crippen LogP contribution in [0.5, 0.6) is 0 Å². The molecule has 1 unspecified atom stereocenters. The van der Waals surface area contributed by atoms with Crippen molar-refractivity contribution < 1.29 is 32.7 Å². The van der Waals surface area contributed by atoms with Crippen LogP contribution in [0.1, 0.15) is 75.7 Å². The number of carbonyl (C=O) groups excluding carboxylic acids is 4. The molecule has 1 N–H and O–H groups in total. The van der Waals surface area contributed by atoms with Crippen molar-refractivity contribution in [1.82, 2.24) is 15.1 Å². The molecule has 2 fully saturated rings.